The Labute approximate surface area is 150 Å². The molecule has 0 unspecified atom stereocenters. The third-order valence-electron chi connectivity index (χ3n) is 4.89. The average molecular weight is 337 g/mol. The molecule has 1 aromatic carbocycles. The molecule has 25 heavy (non-hydrogen) atoms. The van der Waals surface area contributed by atoms with E-state index in [0.29, 0.717) is 18.4 Å². The summed E-state index contributed by atoms with van der Waals surface area (Å²) in [5, 5.41) is 3.50. The zero-order valence-electron chi connectivity index (χ0n) is 14.7. The van der Waals surface area contributed by atoms with Crippen LogP contribution in [-0.4, -0.2) is 34.9 Å². The van der Waals surface area contributed by atoms with E-state index in [1.54, 1.807) is 0 Å². The Morgan fingerprint density at radius 1 is 1.08 bits per heavy atom. The van der Waals surface area contributed by atoms with Crippen LogP contribution in [0.2, 0.25) is 0 Å². The number of benzene rings is 1. The lowest BCUT2D eigenvalue weighted by Gasteiger charge is -2.25. The predicted octanol–water partition coefficient (Wildman–Crippen LogP) is 3.19. The molecular formula is C21H27N3O. The molecule has 1 aromatic heterocycles. The summed E-state index contributed by atoms with van der Waals surface area (Å²) in [5.41, 5.74) is 2.60. The van der Waals surface area contributed by atoms with Gasteiger partial charge in [-0.1, -0.05) is 30.3 Å². The van der Waals surface area contributed by atoms with E-state index in [4.69, 9.17) is 0 Å². The van der Waals surface area contributed by atoms with Gasteiger partial charge >= 0.3 is 0 Å². The van der Waals surface area contributed by atoms with Crippen LogP contribution in [0.4, 0.5) is 0 Å². The predicted molar refractivity (Wildman–Crippen MR) is 100 cm³/mol. The van der Waals surface area contributed by atoms with Crippen LogP contribution in [0, 0.1) is 0 Å². The van der Waals surface area contributed by atoms with E-state index in [1.165, 1.54) is 11.1 Å². The van der Waals surface area contributed by atoms with Crippen LogP contribution >= 0.6 is 0 Å². The number of pyridine rings is 1. The van der Waals surface area contributed by atoms with Gasteiger partial charge in [0.1, 0.15) is 0 Å². The van der Waals surface area contributed by atoms with Gasteiger partial charge in [-0.2, -0.15) is 0 Å². The fourth-order valence-electron chi connectivity index (χ4n) is 3.50. The number of carbonyl (C=O) groups excluding carboxylic acids is 1. The number of amides is 1. The van der Waals surface area contributed by atoms with Crippen molar-refractivity contribution in [3.8, 4) is 0 Å². The molecule has 1 aliphatic rings. The highest BCUT2D eigenvalue weighted by molar-refractivity contribution is 5.78. The summed E-state index contributed by atoms with van der Waals surface area (Å²) in [6, 6.07) is 14.9. The van der Waals surface area contributed by atoms with Crippen LogP contribution in [0.25, 0.3) is 0 Å². The van der Waals surface area contributed by atoms with Crippen LogP contribution in [0.3, 0.4) is 0 Å². The van der Waals surface area contributed by atoms with Crippen molar-refractivity contribution in [1.29, 1.82) is 0 Å². The van der Waals surface area contributed by atoms with Crippen LogP contribution in [-0.2, 0) is 17.8 Å². The molecule has 1 atom stereocenters. The van der Waals surface area contributed by atoms with Gasteiger partial charge in [0.15, 0.2) is 0 Å². The van der Waals surface area contributed by atoms with Crippen molar-refractivity contribution in [2.45, 2.75) is 44.7 Å². The van der Waals surface area contributed by atoms with Crippen molar-refractivity contribution in [1.82, 2.24) is 15.2 Å². The lowest BCUT2D eigenvalue weighted by Crippen LogP contribution is -2.36. The number of hydrogen-bond donors (Lipinski definition) is 1. The first-order valence-electron chi connectivity index (χ1n) is 9.26. The topological polar surface area (TPSA) is 45.2 Å². The van der Waals surface area contributed by atoms with Crippen LogP contribution in [0.5, 0.6) is 0 Å². The minimum atomic E-state index is 0.322. The van der Waals surface area contributed by atoms with Crippen molar-refractivity contribution >= 4 is 5.91 Å². The SMILES string of the molecule is O=C1CC[C@H](CCNCc2ccccc2)N1CCCc1ccncc1. The van der Waals surface area contributed by atoms with Crippen molar-refractivity contribution in [2.24, 2.45) is 0 Å². The zero-order valence-corrected chi connectivity index (χ0v) is 14.7. The molecule has 1 N–H and O–H groups in total. The molecule has 2 aromatic rings. The van der Waals surface area contributed by atoms with Crippen LogP contribution in [0.15, 0.2) is 54.9 Å². The van der Waals surface area contributed by atoms with Crippen LogP contribution in [0.1, 0.15) is 36.8 Å². The number of rotatable bonds is 9. The highest BCUT2D eigenvalue weighted by Gasteiger charge is 2.29. The number of hydrogen-bond acceptors (Lipinski definition) is 3. The zero-order chi connectivity index (χ0) is 17.3. The van der Waals surface area contributed by atoms with E-state index in [9.17, 15) is 4.79 Å². The Balaban J connectivity index is 1.39. The summed E-state index contributed by atoms with van der Waals surface area (Å²) in [6.45, 7) is 2.71. The summed E-state index contributed by atoms with van der Waals surface area (Å²) < 4.78 is 0. The van der Waals surface area contributed by atoms with Gasteiger partial charge in [0, 0.05) is 37.9 Å². The van der Waals surface area contributed by atoms with Crippen molar-refractivity contribution in [2.75, 3.05) is 13.1 Å². The van der Waals surface area contributed by atoms with Crippen molar-refractivity contribution in [3.05, 3.63) is 66.0 Å². The number of aryl methyl sites for hydroxylation is 1. The number of carbonyl (C=O) groups is 1. The molecule has 132 valence electrons. The lowest BCUT2D eigenvalue weighted by molar-refractivity contribution is -0.129. The summed E-state index contributed by atoms with van der Waals surface area (Å²) >= 11 is 0. The molecule has 0 radical (unpaired) electrons. The molecule has 2 heterocycles. The molecule has 0 aliphatic carbocycles. The molecule has 0 saturated carbocycles. The number of likely N-dealkylation sites (tertiary alicyclic amines) is 1. The Morgan fingerprint density at radius 2 is 1.88 bits per heavy atom. The monoisotopic (exact) mass is 337 g/mol. The lowest BCUT2D eigenvalue weighted by atomic mass is 10.1. The molecular weight excluding hydrogens is 310 g/mol. The van der Waals surface area contributed by atoms with Gasteiger partial charge in [-0.15, -0.1) is 0 Å². The molecule has 3 rings (SSSR count). The van der Waals surface area contributed by atoms with Crippen molar-refractivity contribution < 1.29 is 4.79 Å². The number of nitrogens with one attached hydrogen (secondary N) is 1. The van der Waals surface area contributed by atoms with Crippen molar-refractivity contribution in [3.63, 3.8) is 0 Å². The largest absolute Gasteiger partial charge is 0.340 e. The Kier molecular flexibility index (Phi) is 6.57. The summed E-state index contributed by atoms with van der Waals surface area (Å²) in [4.78, 5) is 18.3. The smallest absolute Gasteiger partial charge is 0.222 e. The molecule has 1 aliphatic heterocycles. The quantitative estimate of drug-likeness (QED) is 0.715. The van der Waals surface area contributed by atoms with Gasteiger partial charge in [-0.3, -0.25) is 9.78 Å². The maximum absolute atomic E-state index is 12.2. The summed E-state index contributed by atoms with van der Waals surface area (Å²) in [5.74, 6) is 0.322. The van der Waals surface area contributed by atoms with E-state index in [2.05, 4.69) is 51.6 Å². The van der Waals surface area contributed by atoms with E-state index in [0.717, 1.165) is 45.3 Å². The highest BCUT2D eigenvalue weighted by atomic mass is 16.2. The summed E-state index contributed by atoms with van der Waals surface area (Å²) in [7, 11) is 0. The second-order valence-corrected chi connectivity index (χ2v) is 6.69. The Morgan fingerprint density at radius 3 is 2.68 bits per heavy atom. The molecule has 1 fully saturated rings. The first-order valence-corrected chi connectivity index (χ1v) is 9.26. The van der Waals surface area contributed by atoms with E-state index in [-0.39, 0.29) is 0 Å². The third-order valence-corrected chi connectivity index (χ3v) is 4.89. The van der Waals surface area contributed by atoms with Gasteiger partial charge in [0.2, 0.25) is 5.91 Å². The fourth-order valence-corrected chi connectivity index (χ4v) is 3.50. The minimum Gasteiger partial charge on any atom is -0.340 e. The van der Waals surface area contributed by atoms with Gasteiger partial charge in [-0.05, 0) is 55.5 Å². The number of nitrogens with zero attached hydrogens (tertiary/aromatic N) is 2. The van der Waals surface area contributed by atoms with Gasteiger partial charge in [0.05, 0.1) is 0 Å². The summed E-state index contributed by atoms with van der Waals surface area (Å²) in [6.07, 6.45) is 8.43. The fraction of sp³-hybridized carbons (Fsp3) is 0.429. The van der Waals surface area contributed by atoms with Gasteiger partial charge < -0.3 is 10.2 Å². The third kappa shape index (κ3) is 5.40. The Hall–Kier alpha value is -2.20. The average Bonchev–Trinajstić information content (AvgIpc) is 3.01. The standard InChI is InChI=1S/C21H27N3O/c25-21-9-8-20(12-15-23-17-19-5-2-1-3-6-19)24(21)16-4-7-18-10-13-22-14-11-18/h1-3,5-6,10-11,13-14,20,23H,4,7-9,12,15-17H2/t20-/m1/s1. The maximum atomic E-state index is 12.2. The molecule has 1 amide bonds. The maximum Gasteiger partial charge on any atom is 0.222 e. The molecule has 4 nitrogen and oxygen atoms in total. The van der Waals surface area contributed by atoms with E-state index >= 15 is 0 Å². The first-order chi connectivity index (χ1) is 12.3. The Bertz CT molecular complexity index is 645. The number of aromatic nitrogens is 1. The van der Waals surface area contributed by atoms with Gasteiger partial charge in [-0.25, -0.2) is 0 Å². The minimum absolute atomic E-state index is 0.322. The molecule has 1 saturated heterocycles. The molecule has 0 bridgehead atoms. The van der Waals surface area contributed by atoms with Gasteiger partial charge in [0.25, 0.3) is 0 Å². The van der Waals surface area contributed by atoms with E-state index < -0.39 is 0 Å². The second kappa shape index (κ2) is 9.33. The van der Waals surface area contributed by atoms with Crippen LogP contribution < -0.4 is 5.32 Å². The molecule has 4 heteroatoms. The highest BCUT2D eigenvalue weighted by Crippen LogP contribution is 2.21. The first kappa shape index (κ1) is 17.6. The normalized spacial score (nSPS) is 17.2. The second-order valence-electron chi connectivity index (χ2n) is 6.69. The molecule has 0 spiro atoms. The van der Waals surface area contributed by atoms with E-state index in [1.807, 2.05) is 18.5 Å².